The molecular formula is C13H17ClFNO. The van der Waals surface area contributed by atoms with Gasteiger partial charge in [0.05, 0.1) is 12.0 Å². The van der Waals surface area contributed by atoms with Crippen LogP contribution < -0.4 is 5.32 Å². The molecule has 0 fully saturated rings. The minimum atomic E-state index is -0.397. The molecule has 94 valence electrons. The van der Waals surface area contributed by atoms with Crippen molar-refractivity contribution >= 4 is 17.5 Å². The second kappa shape index (κ2) is 6.01. The largest absolute Gasteiger partial charge is 0.349 e. The third-order valence-corrected chi connectivity index (χ3v) is 3.36. The summed E-state index contributed by atoms with van der Waals surface area (Å²) >= 11 is 5.81. The molecule has 0 bridgehead atoms. The number of rotatable bonds is 5. The van der Waals surface area contributed by atoms with Crippen LogP contribution in [0.25, 0.3) is 0 Å². The molecule has 2 nitrogen and oxygen atoms in total. The van der Waals surface area contributed by atoms with Crippen molar-refractivity contribution in [2.24, 2.45) is 0 Å². The Morgan fingerprint density at radius 1 is 1.53 bits per heavy atom. The highest BCUT2D eigenvalue weighted by Gasteiger charge is 2.22. The summed E-state index contributed by atoms with van der Waals surface area (Å²) in [4.78, 5) is 11.8. The van der Waals surface area contributed by atoms with Gasteiger partial charge in [-0.2, -0.15) is 0 Å². The Morgan fingerprint density at radius 2 is 2.24 bits per heavy atom. The summed E-state index contributed by atoms with van der Waals surface area (Å²) in [5, 5.41) is 2.87. The van der Waals surface area contributed by atoms with E-state index in [9.17, 15) is 9.18 Å². The van der Waals surface area contributed by atoms with Crippen LogP contribution >= 0.6 is 11.6 Å². The molecule has 4 heteroatoms. The molecule has 0 aliphatic heterocycles. The van der Waals surface area contributed by atoms with Gasteiger partial charge in [-0.1, -0.05) is 19.1 Å². The highest BCUT2D eigenvalue weighted by Crippen LogP contribution is 2.12. The third-order valence-electron chi connectivity index (χ3n) is 2.77. The van der Waals surface area contributed by atoms with E-state index in [0.717, 1.165) is 6.42 Å². The predicted molar refractivity (Wildman–Crippen MR) is 67.7 cm³/mol. The molecule has 1 N–H and O–H groups in total. The Bertz CT molecular complexity index is 391. The van der Waals surface area contributed by atoms with Crippen molar-refractivity contribution in [1.29, 1.82) is 0 Å². The number of hydrogen-bond acceptors (Lipinski definition) is 1. The van der Waals surface area contributed by atoms with E-state index in [2.05, 4.69) is 5.32 Å². The number of nitrogens with one attached hydrogen (secondary N) is 1. The molecule has 1 rings (SSSR count). The second-order valence-electron chi connectivity index (χ2n) is 4.40. The zero-order valence-corrected chi connectivity index (χ0v) is 10.9. The maximum absolute atomic E-state index is 12.9. The molecule has 17 heavy (non-hydrogen) atoms. The molecule has 0 saturated carbocycles. The molecule has 0 aliphatic rings. The Kier molecular flexibility index (Phi) is 4.94. The fourth-order valence-electron chi connectivity index (χ4n) is 1.43. The zero-order chi connectivity index (χ0) is 12.9. The molecule has 0 aromatic heterocycles. The molecule has 0 saturated heterocycles. The summed E-state index contributed by atoms with van der Waals surface area (Å²) in [5.74, 6) is -0.107. The van der Waals surface area contributed by atoms with Crippen LogP contribution in [0.2, 0.25) is 0 Å². The lowest BCUT2D eigenvalue weighted by molar-refractivity contribution is -0.122. The monoisotopic (exact) mass is 257 g/mol. The van der Waals surface area contributed by atoms with Gasteiger partial charge in [-0.3, -0.25) is 4.79 Å². The van der Waals surface area contributed by atoms with Crippen LogP contribution in [0.4, 0.5) is 4.39 Å². The molecule has 0 aliphatic carbocycles. The highest BCUT2D eigenvalue weighted by molar-refractivity contribution is 6.18. The van der Waals surface area contributed by atoms with Gasteiger partial charge in [0.15, 0.2) is 0 Å². The minimum Gasteiger partial charge on any atom is -0.349 e. The van der Waals surface area contributed by atoms with Crippen LogP contribution in [0.3, 0.4) is 0 Å². The molecule has 1 amide bonds. The number of amides is 1. The number of carbonyl (C=O) groups is 1. The highest BCUT2D eigenvalue weighted by atomic mass is 35.5. The van der Waals surface area contributed by atoms with Crippen LogP contribution in [-0.2, 0) is 11.2 Å². The van der Waals surface area contributed by atoms with Crippen LogP contribution in [0, 0.1) is 5.82 Å². The summed E-state index contributed by atoms with van der Waals surface area (Å²) in [6.07, 6.45) is 0.926. The fourth-order valence-corrected chi connectivity index (χ4v) is 1.69. The minimum absolute atomic E-state index is 0.138. The lowest BCUT2D eigenvalue weighted by Crippen LogP contribution is -2.47. The molecule has 0 spiro atoms. The van der Waals surface area contributed by atoms with Gasteiger partial charge >= 0.3 is 0 Å². The van der Waals surface area contributed by atoms with Crippen molar-refractivity contribution in [3.63, 3.8) is 0 Å². The summed E-state index contributed by atoms with van der Waals surface area (Å²) in [5.41, 5.74) is 0.266. The van der Waals surface area contributed by atoms with Gasteiger partial charge in [0.2, 0.25) is 5.91 Å². The first kappa shape index (κ1) is 14.0. The van der Waals surface area contributed by atoms with Crippen molar-refractivity contribution in [3.05, 3.63) is 35.6 Å². The average molecular weight is 258 g/mol. The molecule has 1 aromatic carbocycles. The van der Waals surface area contributed by atoms with Gasteiger partial charge in [-0.05, 0) is 31.0 Å². The zero-order valence-electron chi connectivity index (χ0n) is 10.1. The summed E-state index contributed by atoms with van der Waals surface area (Å²) in [7, 11) is 0. The van der Waals surface area contributed by atoms with E-state index in [0.29, 0.717) is 11.4 Å². The number of hydrogen-bond donors (Lipinski definition) is 1. The third kappa shape index (κ3) is 4.35. The standard InChI is InChI=1S/C13H17ClFNO/c1-3-13(2,9-14)16-12(17)8-10-5-4-6-11(15)7-10/h4-7H,3,8-9H2,1-2H3,(H,16,17). The quantitative estimate of drug-likeness (QED) is 0.808. The van der Waals surface area contributed by atoms with E-state index in [4.69, 9.17) is 11.6 Å². The van der Waals surface area contributed by atoms with Crippen LogP contribution in [-0.4, -0.2) is 17.3 Å². The molecule has 0 radical (unpaired) electrons. The van der Waals surface area contributed by atoms with Gasteiger partial charge in [0.1, 0.15) is 5.82 Å². The van der Waals surface area contributed by atoms with Crippen molar-refractivity contribution < 1.29 is 9.18 Å². The van der Waals surface area contributed by atoms with Crippen molar-refractivity contribution in [2.45, 2.75) is 32.2 Å². The Morgan fingerprint density at radius 3 is 2.76 bits per heavy atom. The van der Waals surface area contributed by atoms with E-state index in [1.54, 1.807) is 12.1 Å². The van der Waals surface area contributed by atoms with Gasteiger partial charge in [-0.15, -0.1) is 11.6 Å². The fraction of sp³-hybridized carbons (Fsp3) is 0.462. The topological polar surface area (TPSA) is 29.1 Å². The van der Waals surface area contributed by atoms with E-state index < -0.39 is 5.54 Å². The van der Waals surface area contributed by atoms with E-state index >= 15 is 0 Å². The van der Waals surface area contributed by atoms with E-state index in [1.165, 1.54) is 12.1 Å². The second-order valence-corrected chi connectivity index (χ2v) is 4.67. The van der Waals surface area contributed by atoms with Crippen molar-refractivity contribution in [1.82, 2.24) is 5.32 Å². The van der Waals surface area contributed by atoms with Crippen molar-refractivity contribution in [2.75, 3.05) is 5.88 Å². The SMILES string of the molecule is CCC(C)(CCl)NC(=O)Cc1cccc(F)c1. The number of halogens is 2. The number of alkyl halides is 1. The molecule has 1 aromatic rings. The van der Waals surface area contributed by atoms with Gasteiger partial charge in [-0.25, -0.2) is 4.39 Å². The van der Waals surface area contributed by atoms with Gasteiger partial charge in [0.25, 0.3) is 0 Å². The Balaban J connectivity index is 2.61. The molecule has 1 unspecified atom stereocenters. The van der Waals surface area contributed by atoms with Gasteiger partial charge < -0.3 is 5.32 Å². The number of carbonyl (C=O) groups excluding carboxylic acids is 1. The van der Waals surface area contributed by atoms with Crippen LogP contribution in [0.1, 0.15) is 25.8 Å². The molecular weight excluding hydrogens is 241 g/mol. The molecule has 0 heterocycles. The van der Waals surface area contributed by atoms with Crippen LogP contribution in [0.5, 0.6) is 0 Å². The van der Waals surface area contributed by atoms with Gasteiger partial charge in [0, 0.05) is 5.88 Å². The van der Waals surface area contributed by atoms with Crippen molar-refractivity contribution in [3.8, 4) is 0 Å². The average Bonchev–Trinajstić information content (AvgIpc) is 2.28. The first-order valence-corrected chi connectivity index (χ1v) is 6.14. The van der Waals surface area contributed by atoms with E-state index in [-0.39, 0.29) is 18.1 Å². The Hall–Kier alpha value is -1.09. The lowest BCUT2D eigenvalue weighted by atomic mass is 10.0. The molecule has 1 atom stereocenters. The van der Waals surface area contributed by atoms with E-state index in [1.807, 2.05) is 13.8 Å². The summed E-state index contributed by atoms with van der Waals surface area (Å²) < 4.78 is 12.9. The Labute approximate surface area is 106 Å². The predicted octanol–water partition coefficient (Wildman–Crippen LogP) is 2.89. The van der Waals surface area contributed by atoms with Crippen LogP contribution in [0.15, 0.2) is 24.3 Å². The maximum atomic E-state index is 12.9. The first-order chi connectivity index (χ1) is 7.99. The lowest BCUT2D eigenvalue weighted by Gasteiger charge is -2.27. The maximum Gasteiger partial charge on any atom is 0.224 e. The normalized spacial score (nSPS) is 14.1. The summed E-state index contributed by atoms with van der Waals surface area (Å²) in [6, 6.07) is 6.05. The number of benzene rings is 1. The smallest absolute Gasteiger partial charge is 0.224 e. The first-order valence-electron chi connectivity index (χ1n) is 5.60. The summed E-state index contributed by atoms with van der Waals surface area (Å²) in [6.45, 7) is 3.86.